The van der Waals surface area contributed by atoms with Crippen molar-refractivity contribution < 1.29 is 18.0 Å². The van der Waals surface area contributed by atoms with Gasteiger partial charge in [-0.1, -0.05) is 0 Å². The van der Waals surface area contributed by atoms with Crippen molar-refractivity contribution in [2.45, 2.75) is 0 Å². The normalized spacial score (nSPS) is 9.85. The molecule has 13 heavy (non-hydrogen) atoms. The Bertz CT molecular complexity index is 356. The number of benzene rings is 1. The zero-order valence-electron chi connectivity index (χ0n) is 6.07. The Labute approximate surface area is 76.3 Å². The SMILES string of the molecule is O=C(Cl)Nc1cc(F)c(F)cc1F. The van der Waals surface area contributed by atoms with E-state index in [4.69, 9.17) is 11.6 Å². The minimum Gasteiger partial charge on any atom is -0.310 e. The average Bonchev–Trinajstić information content (AvgIpc) is 1.99. The number of amides is 1. The molecule has 0 aromatic heterocycles. The van der Waals surface area contributed by atoms with Gasteiger partial charge >= 0.3 is 5.37 Å². The van der Waals surface area contributed by atoms with Crippen LogP contribution < -0.4 is 5.32 Å². The summed E-state index contributed by atoms with van der Waals surface area (Å²) < 4.78 is 37.5. The highest BCUT2D eigenvalue weighted by molar-refractivity contribution is 6.65. The zero-order valence-corrected chi connectivity index (χ0v) is 6.83. The van der Waals surface area contributed by atoms with E-state index in [0.29, 0.717) is 12.1 Å². The van der Waals surface area contributed by atoms with Gasteiger partial charge in [-0.2, -0.15) is 0 Å². The highest BCUT2D eigenvalue weighted by atomic mass is 35.5. The third kappa shape index (κ3) is 2.35. The van der Waals surface area contributed by atoms with Crippen molar-refractivity contribution in [2.24, 2.45) is 0 Å². The fraction of sp³-hybridized carbons (Fsp3) is 0. The minimum atomic E-state index is -1.33. The largest absolute Gasteiger partial charge is 0.318 e. The highest BCUT2D eigenvalue weighted by Gasteiger charge is 2.10. The van der Waals surface area contributed by atoms with Gasteiger partial charge < -0.3 is 5.32 Å². The molecule has 1 amide bonds. The first-order chi connectivity index (χ1) is 6.00. The fourth-order valence-corrected chi connectivity index (χ4v) is 0.826. The number of anilines is 1. The number of halogens is 4. The van der Waals surface area contributed by atoms with Crippen LogP contribution in [0.5, 0.6) is 0 Å². The average molecular weight is 210 g/mol. The lowest BCUT2D eigenvalue weighted by molar-refractivity contribution is 0.269. The first-order valence-corrected chi connectivity index (χ1v) is 3.49. The number of hydrogen-bond acceptors (Lipinski definition) is 1. The van der Waals surface area contributed by atoms with Crippen LogP contribution >= 0.6 is 11.6 Å². The summed E-state index contributed by atoms with van der Waals surface area (Å²) in [4.78, 5) is 10.2. The molecule has 1 rings (SSSR count). The Kier molecular flexibility index (Phi) is 2.77. The van der Waals surface area contributed by atoms with E-state index in [1.807, 2.05) is 0 Å². The molecule has 0 saturated carbocycles. The lowest BCUT2D eigenvalue weighted by atomic mass is 10.3. The molecule has 0 bridgehead atoms. The molecule has 2 nitrogen and oxygen atoms in total. The van der Waals surface area contributed by atoms with E-state index in [1.54, 1.807) is 5.32 Å². The standard InChI is InChI=1S/C7H3ClF3NO/c8-7(13)12-6-2-4(10)3(9)1-5(6)11/h1-2H,(H,12,13). The fourth-order valence-electron chi connectivity index (χ4n) is 0.724. The molecular weight excluding hydrogens is 207 g/mol. The molecule has 1 N–H and O–H groups in total. The van der Waals surface area contributed by atoms with Gasteiger partial charge in [0.1, 0.15) is 5.82 Å². The maximum absolute atomic E-state index is 12.7. The van der Waals surface area contributed by atoms with E-state index in [0.717, 1.165) is 0 Å². The van der Waals surface area contributed by atoms with Crippen LogP contribution in [0.15, 0.2) is 12.1 Å². The molecule has 0 saturated heterocycles. The summed E-state index contributed by atoms with van der Waals surface area (Å²) in [5.41, 5.74) is -0.501. The summed E-state index contributed by atoms with van der Waals surface area (Å²) in [5, 5.41) is 0.707. The predicted molar refractivity (Wildman–Crippen MR) is 41.2 cm³/mol. The molecule has 0 unspecified atom stereocenters. The minimum absolute atomic E-state index is 0.317. The number of rotatable bonds is 1. The number of carbonyl (C=O) groups excluding carboxylic acids is 1. The van der Waals surface area contributed by atoms with Crippen molar-refractivity contribution >= 4 is 22.7 Å². The Morgan fingerprint density at radius 2 is 1.69 bits per heavy atom. The molecule has 6 heteroatoms. The first-order valence-electron chi connectivity index (χ1n) is 3.11. The van der Waals surface area contributed by atoms with Gasteiger partial charge in [-0.3, -0.25) is 4.79 Å². The van der Waals surface area contributed by atoms with Crippen LogP contribution in [-0.2, 0) is 0 Å². The van der Waals surface area contributed by atoms with Gasteiger partial charge in [0.2, 0.25) is 0 Å². The van der Waals surface area contributed by atoms with Crippen molar-refractivity contribution in [3.05, 3.63) is 29.6 Å². The van der Waals surface area contributed by atoms with Gasteiger partial charge in [-0.05, 0) is 11.6 Å². The maximum Gasteiger partial charge on any atom is 0.318 e. The molecule has 70 valence electrons. The molecule has 0 aliphatic heterocycles. The molecule has 0 fully saturated rings. The van der Waals surface area contributed by atoms with Crippen LogP contribution in [0.1, 0.15) is 0 Å². The summed E-state index contributed by atoms with van der Waals surface area (Å²) in [5.74, 6) is -3.68. The molecule has 0 aliphatic rings. The molecule has 0 aliphatic carbocycles. The summed E-state index contributed by atoms with van der Waals surface area (Å²) in [6.07, 6.45) is 0. The second-order valence-electron chi connectivity index (χ2n) is 2.14. The van der Waals surface area contributed by atoms with E-state index >= 15 is 0 Å². The smallest absolute Gasteiger partial charge is 0.310 e. The van der Waals surface area contributed by atoms with Gasteiger partial charge in [0.15, 0.2) is 11.6 Å². The van der Waals surface area contributed by atoms with Crippen LogP contribution in [0.4, 0.5) is 23.7 Å². The van der Waals surface area contributed by atoms with Gasteiger partial charge in [-0.15, -0.1) is 0 Å². The third-order valence-electron chi connectivity index (χ3n) is 1.24. The van der Waals surface area contributed by atoms with Crippen LogP contribution in [0.25, 0.3) is 0 Å². The van der Waals surface area contributed by atoms with Crippen LogP contribution in [-0.4, -0.2) is 5.37 Å². The predicted octanol–water partition coefficient (Wildman–Crippen LogP) is 2.87. The van der Waals surface area contributed by atoms with E-state index in [1.165, 1.54) is 0 Å². The molecule has 1 aromatic rings. The quantitative estimate of drug-likeness (QED) is 0.430. The number of carbonyl (C=O) groups is 1. The van der Waals surface area contributed by atoms with Crippen molar-refractivity contribution in [2.75, 3.05) is 5.32 Å². The second-order valence-corrected chi connectivity index (χ2v) is 2.49. The molecule has 0 atom stereocenters. The lowest BCUT2D eigenvalue weighted by Crippen LogP contribution is -2.04. The number of nitrogens with one attached hydrogen (secondary N) is 1. The van der Waals surface area contributed by atoms with E-state index in [9.17, 15) is 18.0 Å². The molecule has 0 heterocycles. The van der Waals surface area contributed by atoms with E-state index in [2.05, 4.69) is 0 Å². The number of hydrogen-bond donors (Lipinski definition) is 1. The summed E-state index contributed by atoms with van der Waals surface area (Å²) in [6.45, 7) is 0. The summed E-state index contributed by atoms with van der Waals surface area (Å²) in [6, 6.07) is 0.822. The van der Waals surface area contributed by atoms with Crippen molar-refractivity contribution in [1.29, 1.82) is 0 Å². The molecular formula is C7H3ClF3NO. The van der Waals surface area contributed by atoms with Gasteiger partial charge in [0, 0.05) is 12.1 Å². The monoisotopic (exact) mass is 209 g/mol. The van der Waals surface area contributed by atoms with Crippen molar-refractivity contribution in [3.63, 3.8) is 0 Å². The topological polar surface area (TPSA) is 29.1 Å². The zero-order chi connectivity index (χ0) is 10.0. The Hall–Kier alpha value is -1.23. The van der Waals surface area contributed by atoms with Crippen LogP contribution in [0.2, 0.25) is 0 Å². The third-order valence-corrected chi connectivity index (χ3v) is 1.34. The van der Waals surface area contributed by atoms with Gasteiger partial charge in [0.25, 0.3) is 0 Å². The second kappa shape index (κ2) is 3.66. The van der Waals surface area contributed by atoms with E-state index < -0.39 is 28.5 Å². The lowest BCUT2D eigenvalue weighted by Gasteiger charge is -2.02. The summed E-state index contributed by atoms with van der Waals surface area (Å²) in [7, 11) is 0. The molecule has 1 aromatic carbocycles. The van der Waals surface area contributed by atoms with Crippen LogP contribution in [0, 0.1) is 17.5 Å². The van der Waals surface area contributed by atoms with Gasteiger partial charge in [0.05, 0.1) is 5.69 Å². The van der Waals surface area contributed by atoms with Crippen molar-refractivity contribution in [3.8, 4) is 0 Å². The Balaban J connectivity index is 3.08. The molecule has 0 spiro atoms. The Morgan fingerprint density at radius 3 is 2.23 bits per heavy atom. The van der Waals surface area contributed by atoms with Gasteiger partial charge in [-0.25, -0.2) is 13.2 Å². The molecule has 0 radical (unpaired) electrons. The Morgan fingerprint density at radius 1 is 1.15 bits per heavy atom. The first kappa shape index (κ1) is 9.85. The summed E-state index contributed by atoms with van der Waals surface area (Å²) >= 11 is 4.84. The highest BCUT2D eigenvalue weighted by Crippen LogP contribution is 2.18. The van der Waals surface area contributed by atoms with E-state index in [-0.39, 0.29) is 0 Å². The van der Waals surface area contributed by atoms with Crippen LogP contribution in [0.3, 0.4) is 0 Å². The van der Waals surface area contributed by atoms with Crippen molar-refractivity contribution in [1.82, 2.24) is 0 Å². The maximum atomic E-state index is 12.7.